The maximum atomic E-state index is 2.52. The summed E-state index contributed by atoms with van der Waals surface area (Å²) in [6.45, 7) is 9.23. The SMILES string of the molecule is CCCCCCCC[n+]1ccn(CCC)c1CCCCC. The molecule has 0 bridgehead atoms. The quantitative estimate of drug-likeness (QED) is 0.346. The highest BCUT2D eigenvalue weighted by molar-refractivity contribution is 4.84. The van der Waals surface area contributed by atoms with Gasteiger partial charge in [0.2, 0.25) is 0 Å². The molecule has 0 N–H and O–H groups in total. The highest BCUT2D eigenvalue weighted by Crippen LogP contribution is 2.08. The first-order chi connectivity index (χ1) is 10.3. The van der Waals surface area contributed by atoms with Gasteiger partial charge < -0.3 is 0 Å². The molecule has 1 heterocycles. The van der Waals surface area contributed by atoms with E-state index in [4.69, 9.17) is 0 Å². The molecule has 1 rings (SSSR count). The van der Waals surface area contributed by atoms with E-state index < -0.39 is 0 Å². The van der Waals surface area contributed by atoms with Gasteiger partial charge in [0.05, 0.1) is 13.1 Å². The van der Waals surface area contributed by atoms with Crippen molar-refractivity contribution in [2.75, 3.05) is 0 Å². The molecule has 1 aromatic heterocycles. The van der Waals surface area contributed by atoms with Crippen LogP contribution in [0.4, 0.5) is 0 Å². The van der Waals surface area contributed by atoms with Gasteiger partial charge >= 0.3 is 0 Å². The summed E-state index contributed by atoms with van der Waals surface area (Å²) in [5, 5.41) is 0. The number of aryl methyl sites for hydroxylation is 2. The second-order valence-electron chi connectivity index (χ2n) is 6.33. The van der Waals surface area contributed by atoms with Crippen LogP contribution in [0.1, 0.15) is 90.8 Å². The molecule has 0 aromatic carbocycles. The highest BCUT2D eigenvalue weighted by Gasteiger charge is 2.15. The monoisotopic (exact) mass is 293 g/mol. The molecule has 21 heavy (non-hydrogen) atoms. The van der Waals surface area contributed by atoms with Crippen LogP contribution in [0.15, 0.2) is 12.4 Å². The zero-order valence-electron chi connectivity index (χ0n) is 14.7. The van der Waals surface area contributed by atoms with Crippen LogP contribution in [-0.4, -0.2) is 4.57 Å². The molecule has 0 atom stereocenters. The predicted molar refractivity (Wildman–Crippen MR) is 91.5 cm³/mol. The number of unbranched alkanes of at least 4 members (excludes halogenated alkanes) is 7. The van der Waals surface area contributed by atoms with Crippen LogP contribution in [-0.2, 0) is 19.5 Å². The molecule has 0 saturated carbocycles. The molecule has 0 unspecified atom stereocenters. The van der Waals surface area contributed by atoms with E-state index in [2.05, 4.69) is 42.3 Å². The van der Waals surface area contributed by atoms with Crippen molar-refractivity contribution in [1.29, 1.82) is 0 Å². The lowest BCUT2D eigenvalue weighted by Gasteiger charge is -2.05. The molecule has 0 spiro atoms. The Hall–Kier alpha value is -0.790. The van der Waals surface area contributed by atoms with E-state index in [-0.39, 0.29) is 0 Å². The summed E-state index contributed by atoms with van der Waals surface area (Å²) in [4.78, 5) is 0. The van der Waals surface area contributed by atoms with E-state index in [0.717, 1.165) is 0 Å². The smallest absolute Gasteiger partial charge is 0.234 e. The second-order valence-corrected chi connectivity index (χ2v) is 6.33. The van der Waals surface area contributed by atoms with E-state index in [9.17, 15) is 0 Å². The molecule has 122 valence electrons. The van der Waals surface area contributed by atoms with Gasteiger partial charge in [-0.25, -0.2) is 9.13 Å². The molecule has 0 aliphatic carbocycles. The highest BCUT2D eigenvalue weighted by atomic mass is 15.1. The van der Waals surface area contributed by atoms with Crippen molar-refractivity contribution in [2.45, 2.75) is 104 Å². The van der Waals surface area contributed by atoms with Crippen LogP contribution in [0.2, 0.25) is 0 Å². The van der Waals surface area contributed by atoms with Crippen LogP contribution in [0.3, 0.4) is 0 Å². The van der Waals surface area contributed by atoms with Gasteiger partial charge in [0, 0.05) is 6.42 Å². The maximum absolute atomic E-state index is 2.52. The zero-order valence-corrected chi connectivity index (χ0v) is 14.7. The Bertz CT molecular complexity index is 354. The number of aromatic nitrogens is 2. The predicted octanol–water partition coefficient (Wildman–Crippen LogP) is 5.28. The average Bonchev–Trinajstić information content (AvgIpc) is 2.86. The standard InChI is InChI=1S/C19H37N2/c1-4-7-9-10-11-13-16-21-18-17-20(15-6-3)19(21)14-12-8-5-2/h17-18H,4-16H2,1-3H3/q+1. The van der Waals surface area contributed by atoms with Gasteiger partial charge in [0.1, 0.15) is 12.4 Å². The fraction of sp³-hybridized carbons (Fsp3) is 0.842. The van der Waals surface area contributed by atoms with Gasteiger partial charge in [-0.15, -0.1) is 0 Å². The summed E-state index contributed by atoms with van der Waals surface area (Å²) in [5.41, 5.74) is 0. The maximum Gasteiger partial charge on any atom is 0.256 e. The summed E-state index contributed by atoms with van der Waals surface area (Å²) in [5.74, 6) is 1.55. The first-order valence-electron chi connectivity index (χ1n) is 9.40. The lowest BCUT2D eigenvalue weighted by atomic mass is 10.1. The zero-order chi connectivity index (χ0) is 15.3. The van der Waals surface area contributed by atoms with Crippen molar-refractivity contribution >= 4 is 0 Å². The number of rotatable bonds is 13. The molecule has 0 aliphatic heterocycles. The topological polar surface area (TPSA) is 8.81 Å². The van der Waals surface area contributed by atoms with Crippen molar-refractivity contribution in [3.05, 3.63) is 18.2 Å². The van der Waals surface area contributed by atoms with E-state index in [0.29, 0.717) is 0 Å². The fourth-order valence-electron chi connectivity index (χ4n) is 3.03. The molecule has 0 amide bonds. The summed E-state index contributed by atoms with van der Waals surface area (Å²) < 4.78 is 5.00. The minimum absolute atomic E-state index is 1.17. The van der Waals surface area contributed by atoms with Crippen molar-refractivity contribution in [3.63, 3.8) is 0 Å². The number of nitrogens with zero attached hydrogens (tertiary/aromatic N) is 2. The third kappa shape index (κ3) is 7.15. The molecule has 0 radical (unpaired) electrons. The molecular formula is C19H37N2+. The Morgan fingerprint density at radius 1 is 0.810 bits per heavy atom. The Kier molecular flexibility index (Phi) is 10.3. The lowest BCUT2D eigenvalue weighted by molar-refractivity contribution is -0.704. The van der Waals surface area contributed by atoms with Gasteiger partial charge in [-0.05, 0) is 25.7 Å². The van der Waals surface area contributed by atoms with Crippen LogP contribution in [0, 0.1) is 0 Å². The van der Waals surface area contributed by atoms with Crippen molar-refractivity contribution in [2.24, 2.45) is 0 Å². The average molecular weight is 294 g/mol. The van der Waals surface area contributed by atoms with E-state index in [1.165, 1.54) is 83.7 Å². The minimum Gasteiger partial charge on any atom is -0.234 e. The van der Waals surface area contributed by atoms with Crippen molar-refractivity contribution < 1.29 is 4.57 Å². The second kappa shape index (κ2) is 11.8. The van der Waals surface area contributed by atoms with Crippen molar-refractivity contribution in [3.8, 4) is 0 Å². The molecule has 0 fully saturated rings. The molecule has 2 heteroatoms. The summed E-state index contributed by atoms with van der Waals surface area (Å²) in [6.07, 6.45) is 19.4. The Morgan fingerprint density at radius 2 is 1.48 bits per heavy atom. The summed E-state index contributed by atoms with van der Waals surface area (Å²) >= 11 is 0. The first kappa shape index (κ1) is 18.3. The summed E-state index contributed by atoms with van der Waals surface area (Å²) in [7, 11) is 0. The molecule has 0 saturated heterocycles. The molecule has 0 aliphatic rings. The fourth-order valence-corrected chi connectivity index (χ4v) is 3.03. The van der Waals surface area contributed by atoms with Gasteiger partial charge in [0.15, 0.2) is 0 Å². The first-order valence-corrected chi connectivity index (χ1v) is 9.40. The van der Waals surface area contributed by atoms with Gasteiger partial charge in [-0.3, -0.25) is 0 Å². The molecular weight excluding hydrogens is 256 g/mol. The molecule has 2 nitrogen and oxygen atoms in total. The largest absolute Gasteiger partial charge is 0.256 e. The third-order valence-corrected chi connectivity index (χ3v) is 4.31. The van der Waals surface area contributed by atoms with Gasteiger partial charge in [0.25, 0.3) is 5.82 Å². The number of hydrogen-bond donors (Lipinski definition) is 0. The van der Waals surface area contributed by atoms with E-state index >= 15 is 0 Å². The molecule has 1 aromatic rings. The van der Waals surface area contributed by atoms with Crippen molar-refractivity contribution in [1.82, 2.24) is 4.57 Å². The van der Waals surface area contributed by atoms with Crippen LogP contribution in [0.25, 0.3) is 0 Å². The third-order valence-electron chi connectivity index (χ3n) is 4.31. The Balaban J connectivity index is 2.43. The Morgan fingerprint density at radius 3 is 2.19 bits per heavy atom. The Labute approximate surface area is 132 Å². The van der Waals surface area contributed by atoms with Crippen LogP contribution < -0.4 is 4.57 Å². The van der Waals surface area contributed by atoms with E-state index in [1.807, 2.05) is 0 Å². The van der Waals surface area contributed by atoms with E-state index in [1.54, 1.807) is 5.82 Å². The normalized spacial score (nSPS) is 11.2. The number of imidazole rings is 1. The van der Waals surface area contributed by atoms with Crippen LogP contribution in [0.5, 0.6) is 0 Å². The number of hydrogen-bond acceptors (Lipinski definition) is 0. The summed E-state index contributed by atoms with van der Waals surface area (Å²) in [6, 6.07) is 0. The van der Waals surface area contributed by atoms with Gasteiger partial charge in [-0.1, -0.05) is 59.3 Å². The van der Waals surface area contributed by atoms with Crippen LogP contribution >= 0.6 is 0 Å². The minimum atomic E-state index is 1.17. The van der Waals surface area contributed by atoms with Gasteiger partial charge in [-0.2, -0.15) is 0 Å². The lowest BCUT2D eigenvalue weighted by Crippen LogP contribution is -2.37.